The van der Waals surface area contributed by atoms with Gasteiger partial charge >= 0.3 is 0 Å². The Labute approximate surface area is 174 Å². The van der Waals surface area contributed by atoms with Gasteiger partial charge in [0.25, 0.3) is 0 Å². The first-order chi connectivity index (χ1) is 14.1. The lowest BCUT2D eigenvalue weighted by atomic mass is 10.0. The molecule has 0 saturated carbocycles. The largest absolute Gasteiger partial charge is 0.493 e. The van der Waals surface area contributed by atoms with Crippen molar-refractivity contribution < 1.29 is 28.5 Å². The molecular weight excluding hydrogens is 398 g/mol. The van der Waals surface area contributed by atoms with E-state index in [1.165, 1.54) is 21.3 Å². The fourth-order valence-corrected chi connectivity index (χ4v) is 3.31. The Balaban J connectivity index is 1.71. The maximum atomic E-state index is 12.6. The first-order valence-electron chi connectivity index (χ1n) is 8.93. The van der Waals surface area contributed by atoms with Crippen LogP contribution in [-0.2, 0) is 9.53 Å². The minimum atomic E-state index is -0.753. The van der Waals surface area contributed by atoms with Gasteiger partial charge in [-0.3, -0.25) is 9.79 Å². The number of benzene rings is 2. The van der Waals surface area contributed by atoms with Crippen LogP contribution < -0.4 is 18.9 Å². The molecule has 0 N–H and O–H groups in total. The van der Waals surface area contributed by atoms with Crippen molar-refractivity contribution in [1.29, 1.82) is 0 Å². The Kier molecular flexibility index (Phi) is 6.95. The zero-order valence-corrected chi connectivity index (χ0v) is 17.2. The number of fused-ring (bicyclic) bond motifs is 1. The molecule has 29 heavy (non-hydrogen) atoms. The standard InChI is InChI=1S/C21H22ClNO6/c1-25-19-9-13(8-15(22)21(19)27-3)11-23-12-16(24)20(26-2)14-4-5-17-18(10-14)29-7-6-28-17/h4-5,8-11,20H,6-7,12H2,1-3H3. The number of ether oxygens (including phenoxy) is 5. The second-order valence-electron chi connectivity index (χ2n) is 6.19. The predicted molar refractivity (Wildman–Crippen MR) is 109 cm³/mol. The highest BCUT2D eigenvalue weighted by Gasteiger charge is 2.22. The van der Waals surface area contributed by atoms with Crippen LogP contribution in [0.25, 0.3) is 0 Å². The van der Waals surface area contributed by atoms with Gasteiger partial charge in [-0.25, -0.2) is 0 Å². The molecule has 2 aromatic rings. The van der Waals surface area contributed by atoms with Crippen molar-refractivity contribution >= 4 is 23.6 Å². The molecule has 0 aromatic heterocycles. The van der Waals surface area contributed by atoms with Crippen LogP contribution in [-0.4, -0.2) is 53.1 Å². The first-order valence-corrected chi connectivity index (χ1v) is 9.31. The maximum absolute atomic E-state index is 12.6. The summed E-state index contributed by atoms with van der Waals surface area (Å²) in [7, 11) is 4.52. The molecule has 1 aliphatic rings. The molecule has 0 amide bonds. The third-order valence-corrected chi connectivity index (χ3v) is 4.62. The van der Waals surface area contributed by atoms with Crippen LogP contribution in [0.2, 0.25) is 5.02 Å². The van der Waals surface area contributed by atoms with Gasteiger partial charge in [0.1, 0.15) is 25.9 Å². The molecular formula is C21H22ClNO6. The van der Waals surface area contributed by atoms with E-state index >= 15 is 0 Å². The summed E-state index contributed by atoms with van der Waals surface area (Å²) in [5, 5.41) is 0.394. The highest BCUT2D eigenvalue weighted by atomic mass is 35.5. The number of hydrogen-bond acceptors (Lipinski definition) is 7. The van der Waals surface area contributed by atoms with E-state index in [9.17, 15) is 4.79 Å². The van der Waals surface area contributed by atoms with Crippen LogP contribution in [0.3, 0.4) is 0 Å². The number of aliphatic imine (C=N–C) groups is 1. The highest BCUT2D eigenvalue weighted by molar-refractivity contribution is 6.32. The summed E-state index contributed by atoms with van der Waals surface area (Å²) in [5.74, 6) is 2.00. The van der Waals surface area contributed by atoms with Crippen LogP contribution in [0.1, 0.15) is 17.2 Å². The number of rotatable bonds is 8. The molecule has 154 valence electrons. The maximum Gasteiger partial charge on any atom is 0.187 e. The molecule has 1 atom stereocenters. The second kappa shape index (κ2) is 9.62. The zero-order chi connectivity index (χ0) is 20.8. The van der Waals surface area contributed by atoms with Gasteiger partial charge in [-0.2, -0.15) is 0 Å². The lowest BCUT2D eigenvalue weighted by Gasteiger charge is -2.20. The van der Waals surface area contributed by atoms with E-state index < -0.39 is 6.10 Å². The van der Waals surface area contributed by atoms with E-state index in [0.29, 0.717) is 52.4 Å². The van der Waals surface area contributed by atoms with Crippen molar-refractivity contribution in [3.63, 3.8) is 0 Å². The van der Waals surface area contributed by atoms with Crippen molar-refractivity contribution in [3.8, 4) is 23.0 Å². The Morgan fingerprint density at radius 1 is 1.14 bits per heavy atom. The molecule has 0 fully saturated rings. The summed E-state index contributed by atoms with van der Waals surface area (Å²) in [5.41, 5.74) is 1.37. The molecule has 0 saturated heterocycles. The third-order valence-electron chi connectivity index (χ3n) is 4.34. The predicted octanol–water partition coefficient (Wildman–Crippen LogP) is 3.50. The van der Waals surface area contributed by atoms with E-state index in [1.54, 1.807) is 36.5 Å². The lowest BCUT2D eigenvalue weighted by molar-refractivity contribution is -0.127. The molecule has 0 radical (unpaired) electrons. The summed E-state index contributed by atoms with van der Waals surface area (Å²) in [6, 6.07) is 8.74. The van der Waals surface area contributed by atoms with E-state index in [1.807, 2.05) is 0 Å². The van der Waals surface area contributed by atoms with Crippen molar-refractivity contribution in [2.45, 2.75) is 6.10 Å². The molecule has 7 nitrogen and oxygen atoms in total. The summed E-state index contributed by atoms with van der Waals surface area (Å²) in [4.78, 5) is 16.9. The van der Waals surface area contributed by atoms with Gasteiger partial charge in [0.05, 0.1) is 19.2 Å². The summed E-state index contributed by atoms with van der Waals surface area (Å²) in [6.45, 7) is 0.924. The fraction of sp³-hybridized carbons (Fsp3) is 0.333. The molecule has 2 aromatic carbocycles. The molecule has 1 aliphatic heterocycles. The fourth-order valence-electron chi connectivity index (χ4n) is 3.01. The highest BCUT2D eigenvalue weighted by Crippen LogP contribution is 2.36. The van der Waals surface area contributed by atoms with Crippen molar-refractivity contribution in [3.05, 3.63) is 46.5 Å². The number of hydrogen-bond donors (Lipinski definition) is 0. The average Bonchev–Trinajstić information content (AvgIpc) is 2.73. The third kappa shape index (κ3) is 4.81. The number of methoxy groups -OCH3 is 3. The number of nitrogens with zero attached hydrogens (tertiary/aromatic N) is 1. The molecule has 8 heteroatoms. The van der Waals surface area contributed by atoms with Crippen molar-refractivity contribution in [2.75, 3.05) is 41.1 Å². The van der Waals surface area contributed by atoms with Crippen LogP contribution in [0.15, 0.2) is 35.3 Å². The van der Waals surface area contributed by atoms with Crippen LogP contribution in [0.5, 0.6) is 23.0 Å². The van der Waals surface area contributed by atoms with Crippen molar-refractivity contribution in [1.82, 2.24) is 0 Å². The Bertz CT molecular complexity index is 914. The minimum Gasteiger partial charge on any atom is -0.493 e. The molecule has 0 spiro atoms. The topological polar surface area (TPSA) is 75.6 Å². The van der Waals surface area contributed by atoms with E-state index in [-0.39, 0.29) is 12.3 Å². The average molecular weight is 420 g/mol. The van der Waals surface area contributed by atoms with E-state index in [0.717, 1.165) is 0 Å². The molecule has 0 bridgehead atoms. The van der Waals surface area contributed by atoms with Crippen LogP contribution in [0.4, 0.5) is 0 Å². The number of ketones is 1. The quantitative estimate of drug-likeness (QED) is 0.609. The van der Waals surface area contributed by atoms with Gasteiger partial charge in [-0.1, -0.05) is 17.7 Å². The molecule has 1 unspecified atom stereocenters. The zero-order valence-electron chi connectivity index (χ0n) is 16.4. The van der Waals surface area contributed by atoms with E-state index in [2.05, 4.69) is 4.99 Å². The monoisotopic (exact) mass is 419 g/mol. The molecule has 3 rings (SSSR count). The van der Waals surface area contributed by atoms with Gasteiger partial charge in [-0.05, 0) is 35.4 Å². The summed E-state index contributed by atoms with van der Waals surface area (Å²) >= 11 is 6.19. The Hall–Kier alpha value is -2.77. The molecule has 1 heterocycles. The lowest BCUT2D eigenvalue weighted by Crippen LogP contribution is -2.19. The Morgan fingerprint density at radius 3 is 2.59 bits per heavy atom. The smallest absolute Gasteiger partial charge is 0.187 e. The Morgan fingerprint density at radius 2 is 1.90 bits per heavy atom. The molecule has 0 aliphatic carbocycles. The van der Waals surface area contributed by atoms with Gasteiger partial charge in [-0.15, -0.1) is 0 Å². The van der Waals surface area contributed by atoms with Gasteiger partial charge in [0, 0.05) is 13.3 Å². The van der Waals surface area contributed by atoms with Crippen molar-refractivity contribution in [2.24, 2.45) is 4.99 Å². The normalized spacial score (nSPS) is 13.9. The number of carbonyl (C=O) groups is 1. The minimum absolute atomic E-state index is 0.0566. The summed E-state index contributed by atoms with van der Waals surface area (Å²) in [6.07, 6.45) is 0.805. The van der Waals surface area contributed by atoms with Gasteiger partial charge in [0.2, 0.25) is 0 Å². The van der Waals surface area contributed by atoms with Gasteiger partial charge < -0.3 is 23.7 Å². The second-order valence-corrected chi connectivity index (χ2v) is 6.60. The van der Waals surface area contributed by atoms with Crippen LogP contribution >= 0.6 is 11.6 Å². The first kappa shape index (κ1) is 21.0. The summed E-state index contributed by atoms with van der Waals surface area (Å²) < 4.78 is 27.0. The van der Waals surface area contributed by atoms with E-state index in [4.69, 9.17) is 35.3 Å². The number of carbonyl (C=O) groups excluding carboxylic acids is 1. The van der Waals surface area contributed by atoms with Gasteiger partial charge in [0.15, 0.2) is 28.8 Å². The SMILES string of the molecule is COc1cc(C=NCC(=O)C(OC)c2ccc3c(c2)OCCO3)cc(Cl)c1OC. The van der Waals surface area contributed by atoms with Crippen LogP contribution in [0, 0.1) is 0 Å². The number of halogens is 1. The number of Topliss-reactive ketones (excluding diaryl/α,β-unsaturated/α-hetero) is 1.